The van der Waals surface area contributed by atoms with Gasteiger partial charge in [-0.1, -0.05) is 17.7 Å². The fraction of sp³-hybridized carbons (Fsp3) is 0.357. The number of methoxy groups -OCH3 is 1. The van der Waals surface area contributed by atoms with Gasteiger partial charge in [-0.05, 0) is 42.5 Å². The summed E-state index contributed by atoms with van der Waals surface area (Å²) >= 11 is 5.98. The van der Waals surface area contributed by atoms with Gasteiger partial charge in [0.25, 0.3) is 0 Å². The van der Waals surface area contributed by atoms with Crippen molar-refractivity contribution in [3.63, 3.8) is 0 Å². The largest absolute Gasteiger partial charge is 0.495 e. The van der Waals surface area contributed by atoms with Crippen LogP contribution in [0.1, 0.15) is 18.4 Å². The summed E-state index contributed by atoms with van der Waals surface area (Å²) in [7, 11) is 1.56. The van der Waals surface area contributed by atoms with Crippen molar-refractivity contribution in [2.45, 2.75) is 12.8 Å². The zero-order valence-corrected chi connectivity index (χ0v) is 10.9. The Bertz CT molecular complexity index is 464. The van der Waals surface area contributed by atoms with Gasteiger partial charge >= 0.3 is 5.97 Å². The standard InChI is InChI=1S/C14H15ClO3/c1-17-13-6-4-10(8-12(13)15)5-7-14(16)18-9-11-2-3-11/h4-8,11H,2-3,9H2,1H3/b7-5+. The van der Waals surface area contributed by atoms with Gasteiger partial charge < -0.3 is 9.47 Å². The number of carbonyl (C=O) groups is 1. The molecule has 0 amide bonds. The molecule has 3 nitrogen and oxygen atoms in total. The lowest BCUT2D eigenvalue weighted by atomic mass is 10.2. The van der Waals surface area contributed by atoms with Gasteiger partial charge in [0.05, 0.1) is 18.7 Å². The summed E-state index contributed by atoms with van der Waals surface area (Å²) in [6, 6.07) is 5.33. The third kappa shape index (κ3) is 3.77. The molecule has 1 aromatic carbocycles. The van der Waals surface area contributed by atoms with E-state index >= 15 is 0 Å². The van der Waals surface area contributed by atoms with E-state index in [-0.39, 0.29) is 5.97 Å². The first-order valence-electron chi connectivity index (χ1n) is 5.87. The predicted molar refractivity (Wildman–Crippen MR) is 70.7 cm³/mol. The van der Waals surface area contributed by atoms with E-state index in [1.807, 2.05) is 6.07 Å². The summed E-state index contributed by atoms with van der Waals surface area (Å²) in [5.41, 5.74) is 0.837. The van der Waals surface area contributed by atoms with Crippen molar-refractivity contribution in [2.75, 3.05) is 13.7 Å². The fourth-order valence-corrected chi connectivity index (χ4v) is 1.75. The first-order chi connectivity index (χ1) is 8.69. The third-order valence-electron chi connectivity index (χ3n) is 2.75. The molecule has 1 fully saturated rings. The van der Waals surface area contributed by atoms with Crippen LogP contribution >= 0.6 is 11.6 Å². The van der Waals surface area contributed by atoms with Crippen molar-refractivity contribution in [2.24, 2.45) is 5.92 Å². The highest BCUT2D eigenvalue weighted by atomic mass is 35.5. The molecule has 0 spiro atoms. The normalized spacial score (nSPS) is 14.8. The lowest BCUT2D eigenvalue weighted by Crippen LogP contribution is -2.03. The molecule has 0 atom stereocenters. The quantitative estimate of drug-likeness (QED) is 0.606. The molecule has 4 heteroatoms. The monoisotopic (exact) mass is 266 g/mol. The Labute approximate surface area is 111 Å². The van der Waals surface area contributed by atoms with Crippen LogP contribution in [0.3, 0.4) is 0 Å². The van der Waals surface area contributed by atoms with Crippen molar-refractivity contribution >= 4 is 23.6 Å². The molecule has 0 N–H and O–H groups in total. The van der Waals surface area contributed by atoms with E-state index in [1.165, 1.54) is 18.9 Å². The van der Waals surface area contributed by atoms with Crippen LogP contribution in [0.2, 0.25) is 5.02 Å². The first kappa shape index (κ1) is 13.0. The van der Waals surface area contributed by atoms with E-state index in [9.17, 15) is 4.79 Å². The topological polar surface area (TPSA) is 35.5 Å². The fourth-order valence-electron chi connectivity index (χ4n) is 1.48. The predicted octanol–water partition coefficient (Wildman–Crippen LogP) is 3.32. The smallest absolute Gasteiger partial charge is 0.330 e. The van der Waals surface area contributed by atoms with E-state index < -0.39 is 0 Å². The second-order valence-corrected chi connectivity index (χ2v) is 4.71. The van der Waals surface area contributed by atoms with E-state index in [0.717, 1.165) is 5.56 Å². The Morgan fingerprint density at radius 1 is 1.50 bits per heavy atom. The summed E-state index contributed by atoms with van der Waals surface area (Å²) in [4.78, 5) is 11.4. The molecule has 1 aliphatic carbocycles. The van der Waals surface area contributed by atoms with Crippen LogP contribution in [0.15, 0.2) is 24.3 Å². The molecule has 1 saturated carbocycles. The lowest BCUT2D eigenvalue weighted by molar-refractivity contribution is -0.138. The van der Waals surface area contributed by atoms with Crippen molar-refractivity contribution in [1.82, 2.24) is 0 Å². The molecule has 0 heterocycles. The highest BCUT2D eigenvalue weighted by Gasteiger charge is 2.22. The minimum absolute atomic E-state index is 0.311. The Morgan fingerprint density at radius 2 is 2.28 bits per heavy atom. The average molecular weight is 267 g/mol. The van der Waals surface area contributed by atoms with Gasteiger partial charge in [0.15, 0.2) is 0 Å². The zero-order valence-electron chi connectivity index (χ0n) is 10.2. The Kier molecular flexibility index (Phi) is 4.26. The average Bonchev–Trinajstić information content (AvgIpc) is 3.18. The molecule has 96 valence electrons. The number of halogens is 1. The Balaban J connectivity index is 1.90. The van der Waals surface area contributed by atoms with Gasteiger partial charge in [-0.15, -0.1) is 0 Å². The highest BCUT2D eigenvalue weighted by molar-refractivity contribution is 6.32. The summed E-state index contributed by atoms with van der Waals surface area (Å²) in [6.45, 7) is 0.534. The number of benzene rings is 1. The van der Waals surface area contributed by atoms with Crippen molar-refractivity contribution in [3.05, 3.63) is 34.9 Å². The van der Waals surface area contributed by atoms with Crippen molar-refractivity contribution in [3.8, 4) is 5.75 Å². The summed E-state index contributed by atoms with van der Waals surface area (Å²) in [5, 5.41) is 0.519. The van der Waals surface area contributed by atoms with Gasteiger partial charge in [0, 0.05) is 6.08 Å². The molecule has 2 rings (SSSR count). The van der Waals surface area contributed by atoms with Crippen LogP contribution in [0.25, 0.3) is 6.08 Å². The summed E-state index contributed by atoms with van der Waals surface area (Å²) < 4.78 is 10.1. The molecule has 0 aliphatic heterocycles. The van der Waals surface area contributed by atoms with Gasteiger partial charge in [-0.3, -0.25) is 0 Å². The number of rotatable bonds is 5. The molecule has 1 aromatic rings. The van der Waals surface area contributed by atoms with Crippen LogP contribution in [0.4, 0.5) is 0 Å². The van der Waals surface area contributed by atoms with Crippen LogP contribution in [0, 0.1) is 5.92 Å². The van der Waals surface area contributed by atoms with Crippen LogP contribution < -0.4 is 4.74 Å². The Hall–Kier alpha value is -1.48. The van der Waals surface area contributed by atoms with E-state index in [0.29, 0.717) is 23.3 Å². The van der Waals surface area contributed by atoms with E-state index in [4.69, 9.17) is 21.1 Å². The maximum atomic E-state index is 11.4. The van der Waals surface area contributed by atoms with E-state index in [1.54, 1.807) is 25.3 Å². The maximum Gasteiger partial charge on any atom is 0.330 e. The molecule has 18 heavy (non-hydrogen) atoms. The lowest BCUT2D eigenvalue weighted by Gasteiger charge is -2.03. The molecule has 0 unspecified atom stereocenters. The second kappa shape index (κ2) is 5.91. The summed E-state index contributed by atoms with van der Waals surface area (Å²) in [5.74, 6) is 0.886. The van der Waals surface area contributed by atoms with Gasteiger partial charge in [0.1, 0.15) is 5.75 Å². The minimum atomic E-state index is -0.311. The first-order valence-corrected chi connectivity index (χ1v) is 6.25. The van der Waals surface area contributed by atoms with Gasteiger partial charge in [-0.25, -0.2) is 4.79 Å². The molecule has 0 saturated heterocycles. The molecule has 0 radical (unpaired) electrons. The number of ether oxygens (including phenoxy) is 2. The van der Waals surface area contributed by atoms with Crippen LogP contribution in [-0.4, -0.2) is 19.7 Å². The molecule has 0 bridgehead atoms. The van der Waals surface area contributed by atoms with E-state index in [2.05, 4.69) is 0 Å². The van der Waals surface area contributed by atoms with Gasteiger partial charge in [0.2, 0.25) is 0 Å². The zero-order chi connectivity index (χ0) is 13.0. The molecular weight excluding hydrogens is 252 g/mol. The van der Waals surface area contributed by atoms with Gasteiger partial charge in [-0.2, -0.15) is 0 Å². The number of carbonyl (C=O) groups excluding carboxylic acids is 1. The highest BCUT2D eigenvalue weighted by Crippen LogP contribution is 2.29. The maximum absolute atomic E-state index is 11.4. The second-order valence-electron chi connectivity index (χ2n) is 4.30. The summed E-state index contributed by atoms with van der Waals surface area (Å²) in [6.07, 6.45) is 5.44. The number of hydrogen-bond donors (Lipinski definition) is 0. The SMILES string of the molecule is COc1ccc(/C=C/C(=O)OCC2CC2)cc1Cl. The number of hydrogen-bond acceptors (Lipinski definition) is 3. The number of esters is 1. The molecule has 1 aliphatic rings. The van der Waals surface area contributed by atoms with Crippen molar-refractivity contribution < 1.29 is 14.3 Å². The third-order valence-corrected chi connectivity index (χ3v) is 3.04. The minimum Gasteiger partial charge on any atom is -0.495 e. The Morgan fingerprint density at radius 3 is 2.89 bits per heavy atom. The van der Waals surface area contributed by atoms with Crippen molar-refractivity contribution in [1.29, 1.82) is 0 Å². The molecule has 0 aromatic heterocycles. The van der Waals surface area contributed by atoms with Crippen LogP contribution in [-0.2, 0) is 9.53 Å². The van der Waals surface area contributed by atoms with Crippen LogP contribution in [0.5, 0.6) is 5.75 Å². The molecular formula is C14H15ClO3.